The number of amides is 1. The molecule has 0 spiro atoms. The van der Waals surface area contributed by atoms with Crippen LogP contribution in [0.3, 0.4) is 0 Å². The molecule has 3 heterocycles. The number of piperidine rings is 1. The third kappa shape index (κ3) is 5.07. The largest absolute Gasteiger partial charge is 0.308 e. The van der Waals surface area contributed by atoms with E-state index in [1.54, 1.807) is 22.4 Å². The van der Waals surface area contributed by atoms with Gasteiger partial charge in [0.2, 0.25) is 5.91 Å². The maximum absolute atomic E-state index is 13.5. The first-order chi connectivity index (χ1) is 15.3. The molecule has 7 nitrogen and oxygen atoms in total. The van der Waals surface area contributed by atoms with E-state index in [-0.39, 0.29) is 11.8 Å². The van der Waals surface area contributed by atoms with Gasteiger partial charge in [-0.25, -0.2) is 13.4 Å². The number of likely N-dealkylation sites (N-methyl/N-ethyl adjacent to an activating group) is 1. The lowest BCUT2D eigenvalue weighted by Gasteiger charge is -2.33. The van der Waals surface area contributed by atoms with Gasteiger partial charge in [-0.3, -0.25) is 9.69 Å². The van der Waals surface area contributed by atoms with Gasteiger partial charge in [-0.05, 0) is 56.6 Å². The number of fused-ring (bicyclic) bond motifs is 1. The number of benzene rings is 1. The molecule has 1 amide bonds. The summed E-state index contributed by atoms with van der Waals surface area (Å²) in [5.74, 6) is -0.191. The third-order valence-electron chi connectivity index (χ3n) is 5.50. The van der Waals surface area contributed by atoms with Crippen LogP contribution >= 0.6 is 38.6 Å². The molecule has 0 unspecified atom stereocenters. The topological polar surface area (TPSA) is 73.8 Å². The van der Waals surface area contributed by atoms with Crippen molar-refractivity contribution in [1.29, 1.82) is 0 Å². The van der Waals surface area contributed by atoms with Crippen molar-refractivity contribution in [2.24, 2.45) is 5.92 Å². The fraction of sp³-hybridized carbons (Fsp3) is 0.429. The highest BCUT2D eigenvalue weighted by atomic mass is 79.9. The van der Waals surface area contributed by atoms with Crippen LogP contribution in [0.25, 0.3) is 10.2 Å². The summed E-state index contributed by atoms with van der Waals surface area (Å²) in [6.45, 7) is 1.97. The van der Waals surface area contributed by atoms with E-state index in [2.05, 4.69) is 15.9 Å². The second kappa shape index (κ2) is 9.86. The molecule has 0 saturated carbocycles. The highest BCUT2D eigenvalue weighted by Gasteiger charge is 2.35. The van der Waals surface area contributed by atoms with Crippen LogP contribution in [0.5, 0.6) is 0 Å². The van der Waals surface area contributed by atoms with Gasteiger partial charge in [-0.2, -0.15) is 4.31 Å². The Kier molecular flexibility index (Phi) is 7.33. The summed E-state index contributed by atoms with van der Waals surface area (Å²) in [4.78, 5) is 22.1. The van der Waals surface area contributed by atoms with Gasteiger partial charge in [-0.15, -0.1) is 11.3 Å². The van der Waals surface area contributed by atoms with Gasteiger partial charge in [-0.1, -0.05) is 33.3 Å². The minimum absolute atomic E-state index is 0.0261. The molecule has 1 saturated heterocycles. The molecular formula is C21H25BrN4O3S3. The lowest BCUT2D eigenvalue weighted by Crippen LogP contribution is -2.45. The fourth-order valence-corrected chi connectivity index (χ4v) is 7.87. The third-order valence-corrected chi connectivity index (χ3v) is 10.3. The molecule has 4 rings (SSSR count). The maximum atomic E-state index is 13.5. The summed E-state index contributed by atoms with van der Waals surface area (Å²) in [5.41, 5.74) is 0.868. The molecule has 0 N–H and O–H groups in total. The number of rotatable bonds is 7. The number of sulfonamides is 1. The number of carbonyl (C=O) groups is 1. The summed E-state index contributed by atoms with van der Waals surface area (Å²) in [7, 11) is 0.479. The van der Waals surface area contributed by atoms with Crippen molar-refractivity contribution in [3.8, 4) is 0 Å². The summed E-state index contributed by atoms with van der Waals surface area (Å²) in [6.07, 6.45) is 1.02. The zero-order chi connectivity index (χ0) is 22.9. The lowest BCUT2D eigenvalue weighted by atomic mass is 9.96. The number of aromatic nitrogens is 1. The van der Waals surface area contributed by atoms with Gasteiger partial charge in [0.15, 0.2) is 5.13 Å². The average Bonchev–Trinajstić information content (AvgIpc) is 3.44. The molecule has 1 aliphatic rings. The number of anilines is 1. The molecule has 0 aliphatic carbocycles. The van der Waals surface area contributed by atoms with E-state index in [0.717, 1.165) is 21.2 Å². The Hall–Kier alpha value is -1.37. The molecule has 172 valence electrons. The fourth-order valence-electron chi connectivity index (χ4n) is 3.70. The number of hydrogen-bond acceptors (Lipinski definition) is 7. The van der Waals surface area contributed by atoms with Gasteiger partial charge >= 0.3 is 0 Å². The molecule has 32 heavy (non-hydrogen) atoms. The highest BCUT2D eigenvalue weighted by molar-refractivity contribution is 9.10. The molecule has 0 bridgehead atoms. The van der Waals surface area contributed by atoms with Crippen LogP contribution in [-0.4, -0.2) is 68.8 Å². The lowest BCUT2D eigenvalue weighted by molar-refractivity contribution is -0.123. The normalized spacial score (nSPS) is 16.1. The van der Waals surface area contributed by atoms with Crippen LogP contribution < -0.4 is 4.90 Å². The Morgan fingerprint density at radius 1 is 1.22 bits per heavy atom. The Labute approximate surface area is 204 Å². The second-order valence-electron chi connectivity index (χ2n) is 8.01. The van der Waals surface area contributed by atoms with Gasteiger partial charge < -0.3 is 4.90 Å². The van der Waals surface area contributed by atoms with E-state index in [4.69, 9.17) is 4.98 Å². The van der Waals surface area contributed by atoms with Gasteiger partial charge in [0.05, 0.1) is 10.2 Å². The quantitative estimate of drug-likeness (QED) is 0.437. The van der Waals surface area contributed by atoms with Crippen molar-refractivity contribution in [1.82, 2.24) is 14.2 Å². The molecule has 0 radical (unpaired) electrons. The van der Waals surface area contributed by atoms with E-state index in [0.29, 0.717) is 41.8 Å². The van der Waals surface area contributed by atoms with Crippen molar-refractivity contribution in [2.75, 3.05) is 45.2 Å². The average molecular weight is 558 g/mol. The Morgan fingerprint density at radius 2 is 1.97 bits per heavy atom. The molecule has 11 heteroatoms. The SMILES string of the molecule is CN(C)CCN(C(=O)C1CCN(S(=O)(=O)c2cccs2)CC1)c1nc2ccc(Br)cc2s1. The van der Waals surface area contributed by atoms with Gasteiger partial charge in [0.25, 0.3) is 10.0 Å². The molecule has 2 aromatic heterocycles. The highest BCUT2D eigenvalue weighted by Crippen LogP contribution is 2.33. The minimum Gasteiger partial charge on any atom is -0.308 e. The molecule has 1 fully saturated rings. The number of carbonyl (C=O) groups excluding carboxylic acids is 1. The van der Waals surface area contributed by atoms with Crippen LogP contribution in [0.15, 0.2) is 44.4 Å². The number of nitrogens with zero attached hydrogens (tertiary/aromatic N) is 4. The van der Waals surface area contributed by atoms with Crippen molar-refractivity contribution < 1.29 is 13.2 Å². The van der Waals surface area contributed by atoms with Gasteiger partial charge in [0, 0.05) is 36.6 Å². The summed E-state index contributed by atoms with van der Waals surface area (Å²) in [6, 6.07) is 9.28. The molecule has 0 atom stereocenters. The maximum Gasteiger partial charge on any atom is 0.252 e. The Balaban J connectivity index is 1.51. The monoisotopic (exact) mass is 556 g/mol. The smallest absolute Gasteiger partial charge is 0.252 e. The van der Waals surface area contributed by atoms with Crippen molar-refractivity contribution >= 4 is 69.9 Å². The van der Waals surface area contributed by atoms with Crippen LogP contribution in [0, 0.1) is 5.92 Å². The zero-order valence-corrected chi connectivity index (χ0v) is 21.9. The predicted molar refractivity (Wildman–Crippen MR) is 134 cm³/mol. The van der Waals surface area contributed by atoms with Crippen LogP contribution in [0.4, 0.5) is 5.13 Å². The zero-order valence-electron chi connectivity index (χ0n) is 17.9. The van der Waals surface area contributed by atoms with Gasteiger partial charge in [0.1, 0.15) is 4.21 Å². The Morgan fingerprint density at radius 3 is 2.62 bits per heavy atom. The molecular weight excluding hydrogens is 532 g/mol. The minimum atomic E-state index is -3.48. The number of thiophene rings is 1. The van der Waals surface area contributed by atoms with Crippen LogP contribution in [0.1, 0.15) is 12.8 Å². The number of halogens is 1. The number of hydrogen-bond donors (Lipinski definition) is 0. The molecule has 1 aromatic carbocycles. The van der Waals surface area contributed by atoms with Crippen molar-refractivity contribution in [2.45, 2.75) is 17.1 Å². The van der Waals surface area contributed by atoms with E-state index in [1.165, 1.54) is 27.0 Å². The van der Waals surface area contributed by atoms with E-state index >= 15 is 0 Å². The predicted octanol–water partition coefficient (Wildman–Crippen LogP) is 4.12. The first-order valence-electron chi connectivity index (χ1n) is 10.3. The summed E-state index contributed by atoms with van der Waals surface area (Å²) < 4.78 is 29.5. The number of thiazole rings is 1. The van der Waals surface area contributed by atoms with E-state index < -0.39 is 10.0 Å². The standard InChI is InChI=1S/C21H25BrN4O3S3/c1-24(2)11-12-26(21-23-17-6-5-16(22)14-18(17)31-21)20(27)15-7-9-25(10-8-15)32(28,29)19-4-3-13-30-19/h3-6,13-15H,7-12H2,1-2H3. The second-order valence-corrected chi connectivity index (χ2v) is 13.0. The molecule has 1 aliphatic heterocycles. The van der Waals surface area contributed by atoms with E-state index in [9.17, 15) is 13.2 Å². The summed E-state index contributed by atoms with van der Waals surface area (Å²) >= 11 is 6.23. The Bertz CT molecular complexity index is 1190. The summed E-state index contributed by atoms with van der Waals surface area (Å²) in [5, 5.41) is 2.46. The van der Waals surface area contributed by atoms with E-state index in [1.807, 2.05) is 37.2 Å². The van der Waals surface area contributed by atoms with Crippen LogP contribution in [-0.2, 0) is 14.8 Å². The first-order valence-corrected chi connectivity index (χ1v) is 14.2. The van der Waals surface area contributed by atoms with Crippen molar-refractivity contribution in [3.05, 3.63) is 40.2 Å². The molecule has 3 aromatic rings. The van der Waals surface area contributed by atoms with Crippen LogP contribution in [0.2, 0.25) is 0 Å². The first kappa shape index (κ1) is 23.8. The van der Waals surface area contributed by atoms with Crippen molar-refractivity contribution in [3.63, 3.8) is 0 Å².